The standard InChI is InChI=1S/C22H23F2N7O/c1-13-11-30(16-5-3-14(23)4-6-16)8-7-29(13)12-19-26-21-17-9-15(24)10-18(32-2)20(17)27-22(25)31(21)28-19/h3-6,9-10,13H,7-8,11-12H2,1-2H3,(H2,25,27)/t13-/m1/s1. The number of ether oxygens (including phenoxy) is 1. The van der Waals surface area contributed by atoms with E-state index in [0.717, 1.165) is 25.3 Å². The van der Waals surface area contributed by atoms with Crippen molar-refractivity contribution in [3.05, 3.63) is 53.9 Å². The second kappa shape index (κ2) is 7.86. The number of rotatable bonds is 4. The Balaban J connectivity index is 1.41. The van der Waals surface area contributed by atoms with Crippen LogP contribution in [0.25, 0.3) is 16.6 Å². The number of hydrogen-bond donors (Lipinski definition) is 1. The molecule has 32 heavy (non-hydrogen) atoms. The average molecular weight is 439 g/mol. The van der Waals surface area contributed by atoms with Crippen LogP contribution in [0.1, 0.15) is 12.7 Å². The second-order valence-corrected chi connectivity index (χ2v) is 7.98. The van der Waals surface area contributed by atoms with Crippen molar-refractivity contribution in [1.82, 2.24) is 24.5 Å². The molecule has 1 aliphatic heterocycles. The molecule has 0 aliphatic carbocycles. The van der Waals surface area contributed by atoms with Gasteiger partial charge in [-0.3, -0.25) is 4.90 Å². The largest absolute Gasteiger partial charge is 0.494 e. The topological polar surface area (TPSA) is 84.8 Å². The third-order valence-corrected chi connectivity index (χ3v) is 5.90. The van der Waals surface area contributed by atoms with Gasteiger partial charge in [0.05, 0.1) is 19.0 Å². The predicted molar refractivity (Wildman–Crippen MR) is 118 cm³/mol. The van der Waals surface area contributed by atoms with E-state index in [1.165, 1.54) is 35.9 Å². The van der Waals surface area contributed by atoms with Gasteiger partial charge in [0, 0.05) is 37.4 Å². The Morgan fingerprint density at radius 1 is 1.09 bits per heavy atom. The zero-order valence-electron chi connectivity index (χ0n) is 17.8. The van der Waals surface area contributed by atoms with Gasteiger partial charge in [0.15, 0.2) is 11.5 Å². The Morgan fingerprint density at radius 3 is 2.59 bits per heavy atom. The Hall–Kier alpha value is -3.53. The summed E-state index contributed by atoms with van der Waals surface area (Å²) in [5, 5.41) is 5.01. The first-order chi connectivity index (χ1) is 15.4. The normalized spacial score (nSPS) is 17.4. The maximum Gasteiger partial charge on any atom is 0.223 e. The van der Waals surface area contributed by atoms with Gasteiger partial charge in [-0.25, -0.2) is 18.7 Å². The lowest BCUT2D eigenvalue weighted by Gasteiger charge is -2.40. The summed E-state index contributed by atoms with van der Waals surface area (Å²) in [5.74, 6) is 0.348. The smallest absolute Gasteiger partial charge is 0.223 e. The highest BCUT2D eigenvalue weighted by molar-refractivity contribution is 5.95. The molecule has 3 heterocycles. The van der Waals surface area contributed by atoms with Gasteiger partial charge in [0.2, 0.25) is 5.95 Å². The van der Waals surface area contributed by atoms with Crippen molar-refractivity contribution in [3.63, 3.8) is 0 Å². The fourth-order valence-electron chi connectivity index (χ4n) is 4.23. The van der Waals surface area contributed by atoms with Crippen LogP contribution in [0.2, 0.25) is 0 Å². The maximum absolute atomic E-state index is 14.1. The number of nitrogens with two attached hydrogens (primary N) is 1. The molecular weight excluding hydrogens is 416 g/mol. The van der Waals surface area contributed by atoms with Crippen LogP contribution in [0.3, 0.4) is 0 Å². The van der Waals surface area contributed by atoms with E-state index in [-0.39, 0.29) is 17.8 Å². The molecule has 1 atom stereocenters. The average Bonchev–Trinajstić information content (AvgIpc) is 3.21. The van der Waals surface area contributed by atoms with E-state index < -0.39 is 5.82 Å². The Bertz CT molecular complexity index is 1290. The van der Waals surface area contributed by atoms with E-state index in [2.05, 4.69) is 31.8 Å². The fourth-order valence-corrected chi connectivity index (χ4v) is 4.23. The number of hydrogen-bond acceptors (Lipinski definition) is 7. The summed E-state index contributed by atoms with van der Waals surface area (Å²) in [6.07, 6.45) is 0. The van der Waals surface area contributed by atoms with Crippen molar-refractivity contribution in [2.45, 2.75) is 19.5 Å². The monoisotopic (exact) mass is 439 g/mol. The van der Waals surface area contributed by atoms with E-state index in [4.69, 9.17) is 10.5 Å². The first kappa shape index (κ1) is 20.4. The predicted octanol–water partition coefficient (Wildman–Crippen LogP) is 2.86. The molecule has 10 heteroatoms. The van der Waals surface area contributed by atoms with Gasteiger partial charge in [-0.2, -0.15) is 4.52 Å². The SMILES string of the molecule is COc1cc(F)cc2c1nc(N)n1nc(CN3CCN(c4ccc(F)cc4)C[C@H]3C)nc21. The molecule has 0 amide bonds. The summed E-state index contributed by atoms with van der Waals surface area (Å²) in [6, 6.07) is 9.42. The van der Waals surface area contributed by atoms with Crippen LogP contribution >= 0.6 is 0 Å². The van der Waals surface area contributed by atoms with E-state index in [1.54, 1.807) is 12.1 Å². The molecule has 1 saturated heterocycles. The third kappa shape index (κ3) is 3.56. The van der Waals surface area contributed by atoms with Gasteiger partial charge in [0.25, 0.3) is 0 Å². The number of methoxy groups -OCH3 is 1. The first-order valence-corrected chi connectivity index (χ1v) is 10.4. The van der Waals surface area contributed by atoms with Crippen LogP contribution in [-0.4, -0.2) is 57.3 Å². The molecule has 4 aromatic rings. The highest BCUT2D eigenvalue weighted by Gasteiger charge is 2.26. The summed E-state index contributed by atoms with van der Waals surface area (Å²) < 4.78 is 34.0. The second-order valence-electron chi connectivity index (χ2n) is 7.98. The molecule has 0 saturated carbocycles. The van der Waals surface area contributed by atoms with Crippen molar-refractivity contribution < 1.29 is 13.5 Å². The fraction of sp³-hybridized carbons (Fsp3) is 0.318. The quantitative estimate of drug-likeness (QED) is 0.523. The summed E-state index contributed by atoms with van der Waals surface area (Å²) in [7, 11) is 1.46. The van der Waals surface area contributed by atoms with E-state index in [1.807, 2.05) is 0 Å². The minimum atomic E-state index is -0.446. The Kier molecular flexibility index (Phi) is 5.01. The molecule has 166 valence electrons. The molecule has 1 fully saturated rings. The molecule has 0 bridgehead atoms. The highest BCUT2D eigenvalue weighted by Crippen LogP contribution is 2.29. The number of aromatic nitrogens is 4. The molecule has 1 aliphatic rings. The van der Waals surface area contributed by atoms with Crippen molar-refractivity contribution in [2.24, 2.45) is 0 Å². The summed E-state index contributed by atoms with van der Waals surface area (Å²) >= 11 is 0. The highest BCUT2D eigenvalue weighted by atomic mass is 19.1. The minimum Gasteiger partial charge on any atom is -0.494 e. The van der Waals surface area contributed by atoms with Crippen LogP contribution in [0.4, 0.5) is 20.4 Å². The van der Waals surface area contributed by atoms with Crippen molar-refractivity contribution in [1.29, 1.82) is 0 Å². The van der Waals surface area contributed by atoms with E-state index >= 15 is 0 Å². The minimum absolute atomic E-state index is 0.158. The van der Waals surface area contributed by atoms with Gasteiger partial charge in [0.1, 0.15) is 22.9 Å². The van der Waals surface area contributed by atoms with E-state index in [9.17, 15) is 8.78 Å². The number of halogens is 2. The number of fused-ring (bicyclic) bond motifs is 3. The molecular formula is C22H23F2N7O. The van der Waals surface area contributed by atoms with E-state index in [0.29, 0.717) is 34.7 Å². The number of nitrogens with zero attached hydrogens (tertiary/aromatic N) is 6. The van der Waals surface area contributed by atoms with Crippen LogP contribution in [0.15, 0.2) is 36.4 Å². The molecule has 0 radical (unpaired) electrons. The van der Waals surface area contributed by atoms with Crippen LogP contribution in [0.5, 0.6) is 5.75 Å². The Labute approximate surface area is 183 Å². The van der Waals surface area contributed by atoms with Crippen molar-refractivity contribution >= 4 is 28.2 Å². The lowest BCUT2D eigenvalue weighted by Crippen LogP contribution is -2.51. The molecule has 5 rings (SSSR count). The van der Waals surface area contributed by atoms with Gasteiger partial charge >= 0.3 is 0 Å². The molecule has 0 spiro atoms. The summed E-state index contributed by atoms with van der Waals surface area (Å²) in [5.41, 5.74) is 7.99. The molecule has 2 aromatic heterocycles. The third-order valence-electron chi connectivity index (χ3n) is 5.90. The van der Waals surface area contributed by atoms with Gasteiger partial charge in [-0.1, -0.05) is 0 Å². The maximum atomic E-state index is 14.1. The number of nitrogen functional groups attached to an aromatic ring is 1. The Morgan fingerprint density at radius 2 is 1.88 bits per heavy atom. The van der Waals surface area contributed by atoms with Gasteiger partial charge < -0.3 is 15.4 Å². The number of piperazine rings is 1. The van der Waals surface area contributed by atoms with Crippen molar-refractivity contribution in [2.75, 3.05) is 37.4 Å². The lowest BCUT2D eigenvalue weighted by atomic mass is 10.1. The number of benzene rings is 2. The zero-order chi connectivity index (χ0) is 22.4. The van der Waals surface area contributed by atoms with Crippen LogP contribution < -0.4 is 15.4 Å². The number of anilines is 2. The molecule has 2 aromatic carbocycles. The zero-order valence-corrected chi connectivity index (χ0v) is 17.8. The van der Waals surface area contributed by atoms with Crippen molar-refractivity contribution in [3.8, 4) is 5.75 Å². The molecule has 8 nitrogen and oxygen atoms in total. The lowest BCUT2D eigenvalue weighted by molar-refractivity contribution is 0.177. The summed E-state index contributed by atoms with van der Waals surface area (Å²) in [6.45, 7) is 5.06. The first-order valence-electron chi connectivity index (χ1n) is 10.4. The molecule has 0 unspecified atom stereocenters. The summed E-state index contributed by atoms with van der Waals surface area (Å²) in [4.78, 5) is 13.5. The molecule has 2 N–H and O–H groups in total. The van der Waals surface area contributed by atoms with Crippen LogP contribution in [-0.2, 0) is 6.54 Å². The van der Waals surface area contributed by atoms with Gasteiger partial charge in [-0.15, -0.1) is 5.10 Å². The van der Waals surface area contributed by atoms with Crippen LogP contribution in [0, 0.1) is 11.6 Å². The van der Waals surface area contributed by atoms with Gasteiger partial charge in [-0.05, 0) is 37.3 Å².